The largest absolute Gasteiger partial charge is 0.389 e. The number of alkyl halides is 3. The summed E-state index contributed by atoms with van der Waals surface area (Å²) >= 11 is 0. The lowest BCUT2D eigenvalue weighted by Crippen LogP contribution is -2.12. The van der Waals surface area contributed by atoms with Crippen LogP contribution in [0, 0.1) is 10.1 Å². The van der Waals surface area contributed by atoms with Crippen LogP contribution in [0.4, 0.5) is 30.5 Å². The Labute approximate surface area is 112 Å². The lowest BCUT2D eigenvalue weighted by molar-refractivity contribution is -0.384. The molecule has 1 aromatic rings. The monoisotopic (exact) mass is 293 g/mol. The summed E-state index contributed by atoms with van der Waals surface area (Å²) in [6, 6.07) is 2.53. The summed E-state index contributed by atoms with van der Waals surface area (Å²) in [6.45, 7) is 0.151. The van der Waals surface area contributed by atoms with E-state index in [0.29, 0.717) is 0 Å². The van der Waals surface area contributed by atoms with Crippen molar-refractivity contribution < 1.29 is 18.1 Å². The van der Waals surface area contributed by atoms with Gasteiger partial charge in [0, 0.05) is 19.0 Å². The first-order chi connectivity index (χ1) is 9.33. The Morgan fingerprint density at radius 1 is 1.35 bits per heavy atom. The molecule has 0 aliphatic rings. The first-order valence-corrected chi connectivity index (χ1v) is 5.76. The van der Waals surface area contributed by atoms with Gasteiger partial charge in [-0.15, -0.1) is 0 Å². The van der Waals surface area contributed by atoms with Gasteiger partial charge in [-0.2, -0.15) is 13.2 Å². The maximum atomic E-state index is 11.9. The predicted octanol–water partition coefficient (Wildman–Crippen LogP) is 2.42. The summed E-state index contributed by atoms with van der Waals surface area (Å²) in [6.07, 6.45) is -4.90. The second kappa shape index (κ2) is 6.89. The van der Waals surface area contributed by atoms with Gasteiger partial charge in [-0.25, -0.2) is 10.8 Å². The van der Waals surface area contributed by atoms with Gasteiger partial charge in [-0.1, -0.05) is 0 Å². The second-order valence-corrected chi connectivity index (χ2v) is 3.96. The van der Waals surface area contributed by atoms with E-state index in [-0.39, 0.29) is 36.7 Å². The van der Waals surface area contributed by atoms with Crippen molar-refractivity contribution in [3.63, 3.8) is 0 Å². The van der Waals surface area contributed by atoms with Gasteiger partial charge in [0.2, 0.25) is 5.82 Å². The number of halogens is 3. The SMILES string of the molecule is NNc1ccc([N+](=O)[O-])c(NCCCCC(F)(F)F)n1. The van der Waals surface area contributed by atoms with E-state index >= 15 is 0 Å². The van der Waals surface area contributed by atoms with E-state index in [1.165, 1.54) is 12.1 Å². The smallest absolute Gasteiger partial charge is 0.364 e. The van der Waals surface area contributed by atoms with Crippen LogP contribution in [0.25, 0.3) is 0 Å². The molecule has 10 heteroatoms. The zero-order valence-corrected chi connectivity index (χ0v) is 10.4. The number of nitrogens with one attached hydrogen (secondary N) is 2. The van der Waals surface area contributed by atoms with Crippen molar-refractivity contribution in [1.82, 2.24) is 4.98 Å². The van der Waals surface area contributed by atoms with Crippen molar-refractivity contribution in [3.05, 3.63) is 22.2 Å². The Balaban J connectivity index is 2.55. The fraction of sp³-hybridized carbons (Fsp3) is 0.500. The fourth-order valence-electron chi connectivity index (χ4n) is 1.47. The van der Waals surface area contributed by atoms with Crippen molar-refractivity contribution >= 4 is 17.3 Å². The quantitative estimate of drug-likeness (QED) is 0.308. The van der Waals surface area contributed by atoms with Gasteiger partial charge in [0.1, 0.15) is 5.82 Å². The normalized spacial score (nSPS) is 11.2. The lowest BCUT2D eigenvalue weighted by atomic mass is 10.2. The molecule has 0 atom stereocenters. The van der Waals surface area contributed by atoms with Gasteiger partial charge in [-0.3, -0.25) is 10.1 Å². The van der Waals surface area contributed by atoms with Crippen LogP contribution in [0.3, 0.4) is 0 Å². The number of nitrogen functional groups attached to an aromatic ring is 1. The first-order valence-electron chi connectivity index (χ1n) is 5.76. The fourth-order valence-corrected chi connectivity index (χ4v) is 1.47. The Kier molecular flexibility index (Phi) is 5.50. The average molecular weight is 293 g/mol. The van der Waals surface area contributed by atoms with Crippen molar-refractivity contribution in [2.75, 3.05) is 17.3 Å². The van der Waals surface area contributed by atoms with E-state index in [1.807, 2.05) is 0 Å². The van der Waals surface area contributed by atoms with Crippen molar-refractivity contribution in [2.45, 2.75) is 25.4 Å². The highest BCUT2D eigenvalue weighted by Crippen LogP contribution is 2.24. The summed E-state index contributed by atoms with van der Waals surface area (Å²) in [5.74, 6) is 5.32. The topological polar surface area (TPSA) is 106 Å². The van der Waals surface area contributed by atoms with Gasteiger partial charge in [-0.05, 0) is 18.9 Å². The standard InChI is InChI=1S/C10H14F3N5O2/c11-10(12,13)5-1-2-6-15-9-7(18(19)20)3-4-8(16-9)17-14/h3-4H,1-2,5-6,14H2,(H2,15,16,17). The molecule has 0 aliphatic heterocycles. The van der Waals surface area contributed by atoms with E-state index in [9.17, 15) is 23.3 Å². The molecule has 0 unspecified atom stereocenters. The van der Waals surface area contributed by atoms with Crippen molar-refractivity contribution in [3.8, 4) is 0 Å². The van der Waals surface area contributed by atoms with Crippen molar-refractivity contribution in [2.24, 2.45) is 5.84 Å². The minimum Gasteiger partial charge on any atom is -0.364 e. The minimum absolute atomic E-state index is 0.0301. The van der Waals surface area contributed by atoms with Gasteiger partial charge in [0.25, 0.3) is 0 Å². The number of anilines is 2. The molecule has 0 aromatic carbocycles. The van der Waals surface area contributed by atoms with E-state index in [0.717, 1.165) is 0 Å². The van der Waals surface area contributed by atoms with E-state index in [4.69, 9.17) is 5.84 Å². The maximum absolute atomic E-state index is 11.9. The maximum Gasteiger partial charge on any atom is 0.389 e. The van der Waals surface area contributed by atoms with Crippen LogP contribution in [0.5, 0.6) is 0 Å². The Hall–Kier alpha value is -2.10. The zero-order valence-electron chi connectivity index (χ0n) is 10.4. The molecule has 7 nitrogen and oxygen atoms in total. The number of hydrogen-bond acceptors (Lipinski definition) is 6. The number of nitrogens with two attached hydrogens (primary N) is 1. The van der Waals surface area contributed by atoms with Crippen LogP contribution in [0.2, 0.25) is 0 Å². The lowest BCUT2D eigenvalue weighted by Gasteiger charge is -2.09. The van der Waals surface area contributed by atoms with Crippen LogP contribution in [0.15, 0.2) is 12.1 Å². The number of nitrogens with zero attached hydrogens (tertiary/aromatic N) is 2. The summed E-state index contributed by atoms with van der Waals surface area (Å²) in [4.78, 5) is 14.0. The van der Waals surface area contributed by atoms with Gasteiger partial charge >= 0.3 is 11.9 Å². The van der Waals surface area contributed by atoms with Crippen LogP contribution >= 0.6 is 0 Å². The molecule has 4 N–H and O–H groups in total. The molecule has 0 aliphatic carbocycles. The number of aromatic nitrogens is 1. The highest BCUT2D eigenvalue weighted by Gasteiger charge is 2.25. The molecule has 0 fully saturated rings. The molecule has 0 amide bonds. The molecular formula is C10H14F3N5O2. The zero-order chi connectivity index (χ0) is 15.2. The Morgan fingerprint density at radius 2 is 2.05 bits per heavy atom. The minimum atomic E-state index is -4.19. The first kappa shape index (κ1) is 16.0. The molecule has 0 spiro atoms. The molecule has 1 rings (SSSR count). The summed E-state index contributed by atoms with van der Waals surface area (Å²) in [5.41, 5.74) is 1.97. The predicted molar refractivity (Wildman–Crippen MR) is 67.1 cm³/mol. The number of hydrogen-bond donors (Lipinski definition) is 3. The highest BCUT2D eigenvalue weighted by molar-refractivity contribution is 5.59. The molecule has 20 heavy (non-hydrogen) atoms. The van der Waals surface area contributed by atoms with E-state index in [1.54, 1.807) is 0 Å². The third kappa shape index (κ3) is 5.26. The molecule has 0 saturated heterocycles. The highest BCUT2D eigenvalue weighted by atomic mass is 19.4. The average Bonchev–Trinajstić information content (AvgIpc) is 2.36. The van der Waals surface area contributed by atoms with Gasteiger partial charge in [0.05, 0.1) is 4.92 Å². The summed E-state index contributed by atoms with van der Waals surface area (Å²) in [7, 11) is 0. The Bertz CT molecular complexity index is 467. The van der Waals surface area contributed by atoms with Crippen molar-refractivity contribution in [1.29, 1.82) is 0 Å². The number of nitro groups is 1. The number of hydrazine groups is 1. The summed E-state index contributed by atoms with van der Waals surface area (Å²) < 4.78 is 35.8. The summed E-state index contributed by atoms with van der Waals surface area (Å²) in [5, 5.41) is 13.4. The number of pyridine rings is 1. The van der Waals surface area contributed by atoms with Crippen LogP contribution in [0.1, 0.15) is 19.3 Å². The van der Waals surface area contributed by atoms with Crippen LogP contribution in [-0.4, -0.2) is 22.6 Å². The van der Waals surface area contributed by atoms with Crippen LogP contribution in [-0.2, 0) is 0 Å². The van der Waals surface area contributed by atoms with Gasteiger partial charge < -0.3 is 10.7 Å². The molecular weight excluding hydrogens is 279 g/mol. The Morgan fingerprint density at radius 3 is 2.60 bits per heavy atom. The second-order valence-electron chi connectivity index (χ2n) is 3.96. The molecule has 112 valence electrons. The van der Waals surface area contributed by atoms with E-state index in [2.05, 4.69) is 15.7 Å². The molecule has 0 bridgehead atoms. The van der Waals surface area contributed by atoms with Crippen LogP contribution < -0.4 is 16.6 Å². The third-order valence-corrected chi connectivity index (χ3v) is 2.40. The molecule has 1 aromatic heterocycles. The molecule has 0 saturated carbocycles. The van der Waals surface area contributed by atoms with Gasteiger partial charge in [0.15, 0.2) is 0 Å². The van der Waals surface area contributed by atoms with E-state index < -0.39 is 17.5 Å². The molecule has 1 heterocycles. The molecule has 0 radical (unpaired) electrons. The third-order valence-electron chi connectivity index (χ3n) is 2.40. The number of rotatable bonds is 7. The number of unbranched alkanes of at least 4 members (excludes halogenated alkanes) is 1.